The van der Waals surface area contributed by atoms with Gasteiger partial charge in [-0.15, -0.1) is 0 Å². The Morgan fingerprint density at radius 2 is 1.83 bits per heavy atom. The smallest absolute Gasteiger partial charge is 0.244 e. The number of nitrogens with zero attached hydrogens (tertiary/aromatic N) is 1. The van der Waals surface area contributed by atoms with E-state index in [0.29, 0.717) is 6.42 Å². The Hall–Kier alpha value is -2.62. The maximum Gasteiger partial charge on any atom is 0.244 e. The summed E-state index contributed by atoms with van der Waals surface area (Å²) < 4.78 is 5.12. The van der Waals surface area contributed by atoms with Gasteiger partial charge < -0.3 is 4.74 Å². The number of carbonyl (C=O) groups is 1. The number of amides is 1. The molecule has 0 aliphatic heterocycles. The summed E-state index contributed by atoms with van der Waals surface area (Å²) in [7, 11) is 1.63. The molecule has 2 aromatic rings. The van der Waals surface area contributed by atoms with Crippen LogP contribution in [0, 0.1) is 13.8 Å². The predicted octanol–water partition coefficient (Wildman–Crippen LogP) is 3.39. The van der Waals surface area contributed by atoms with Gasteiger partial charge in [-0.05, 0) is 61.7 Å². The normalized spacial score (nSPS) is 11.2. The largest absolute Gasteiger partial charge is 0.497 e. The number of aryl methyl sites for hydroxylation is 2. The van der Waals surface area contributed by atoms with Crippen molar-refractivity contribution in [2.75, 3.05) is 7.11 Å². The first kappa shape index (κ1) is 16.7. The monoisotopic (exact) mass is 310 g/mol. The molecule has 0 bridgehead atoms. The van der Waals surface area contributed by atoms with Crippen LogP contribution < -0.4 is 10.2 Å². The maximum absolute atomic E-state index is 12.0. The van der Waals surface area contributed by atoms with Gasteiger partial charge in [-0.2, -0.15) is 5.10 Å². The van der Waals surface area contributed by atoms with E-state index in [9.17, 15) is 4.79 Å². The lowest BCUT2D eigenvalue weighted by Crippen LogP contribution is -2.21. The Morgan fingerprint density at radius 3 is 2.43 bits per heavy atom. The number of rotatable bonds is 5. The minimum atomic E-state index is -0.121. The Bertz CT molecular complexity index is 719. The molecule has 0 aliphatic carbocycles. The van der Waals surface area contributed by atoms with Crippen LogP contribution in [0.3, 0.4) is 0 Å². The summed E-state index contributed by atoms with van der Waals surface area (Å²) in [5, 5.41) is 4.17. The lowest BCUT2D eigenvalue weighted by Gasteiger charge is -2.07. The first-order chi connectivity index (χ1) is 11.0. The third kappa shape index (κ3) is 4.68. The number of nitrogens with one attached hydrogen (secondary N) is 1. The molecule has 0 saturated carbocycles. The van der Waals surface area contributed by atoms with E-state index in [1.807, 2.05) is 57.2 Å². The molecule has 0 saturated heterocycles. The quantitative estimate of drug-likeness (QED) is 0.680. The van der Waals surface area contributed by atoms with Crippen molar-refractivity contribution >= 4 is 11.6 Å². The second-order valence-electron chi connectivity index (χ2n) is 5.57. The average Bonchev–Trinajstić information content (AvgIpc) is 2.55. The van der Waals surface area contributed by atoms with Crippen LogP contribution in [0.4, 0.5) is 0 Å². The molecule has 23 heavy (non-hydrogen) atoms. The van der Waals surface area contributed by atoms with E-state index >= 15 is 0 Å². The van der Waals surface area contributed by atoms with Gasteiger partial charge in [-0.25, -0.2) is 5.43 Å². The van der Waals surface area contributed by atoms with Gasteiger partial charge in [-0.3, -0.25) is 4.79 Å². The lowest BCUT2D eigenvalue weighted by atomic mass is 10.0. The van der Waals surface area contributed by atoms with Crippen LogP contribution in [0.5, 0.6) is 5.75 Å². The lowest BCUT2D eigenvalue weighted by molar-refractivity contribution is -0.120. The summed E-state index contributed by atoms with van der Waals surface area (Å²) in [4.78, 5) is 12.0. The summed E-state index contributed by atoms with van der Waals surface area (Å²) in [6, 6.07) is 13.6. The number of benzene rings is 2. The van der Waals surface area contributed by atoms with Gasteiger partial charge in [0.15, 0.2) is 0 Å². The fraction of sp³-hybridized carbons (Fsp3) is 0.263. The zero-order valence-electron chi connectivity index (χ0n) is 14.0. The van der Waals surface area contributed by atoms with Gasteiger partial charge in [0.1, 0.15) is 5.75 Å². The third-order valence-corrected chi connectivity index (χ3v) is 3.71. The average molecular weight is 310 g/mol. The molecular formula is C19H22N2O2. The van der Waals surface area contributed by atoms with Crippen molar-refractivity contribution in [3.8, 4) is 5.75 Å². The molecule has 1 N–H and O–H groups in total. The van der Waals surface area contributed by atoms with Crippen LogP contribution in [0.2, 0.25) is 0 Å². The summed E-state index contributed by atoms with van der Waals surface area (Å²) >= 11 is 0. The SMILES string of the molecule is COc1ccc(/C(C)=N/NC(=O)Cc2ccc(C)cc2C)cc1. The molecule has 120 valence electrons. The van der Waals surface area contributed by atoms with Crippen molar-refractivity contribution in [3.63, 3.8) is 0 Å². The van der Waals surface area contributed by atoms with Crippen molar-refractivity contribution in [1.29, 1.82) is 0 Å². The van der Waals surface area contributed by atoms with E-state index in [4.69, 9.17) is 4.74 Å². The molecule has 0 radical (unpaired) electrons. The fourth-order valence-corrected chi connectivity index (χ4v) is 2.30. The number of hydrogen-bond donors (Lipinski definition) is 1. The molecule has 2 aromatic carbocycles. The number of carbonyl (C=O) groups excluding carboxylic acids is 1. The van der Waals surface area contributed by atoms with E-state index in [1.165, 1.54) is 5.56 Å². The van der Waals surface area contributed by atoms with Crippen LogP contribution in [-0.2, 0) is 11.2 Å². The van der Waals surface area contributed by atoms with E-state index in [2.05, 4.69) is 16.6 Å². The van der Waals surface area contributed by atoms with Crippen LogP contribution >= 0.6 is 0 Å². The Morgan fingerprint density at radius 1 is 1.13 bits per heavy atom. The molecule has 0 fully saturated rings. The van der Waals surface area contributed by atoms with Crippen LogP contribution in [0.15, 0.2) is 47.6 Å². The van der Waals surface area contributed by atoms with Crippen LogP contribution in [0.1, 0.15) is 29.2 Å². The highest BCUT2D eigenvalue weighted by Gasteiger charge is 2.06. The number of ether oxygens (including phenoxy) is 1. The molecule has 0 spiro atoms. The fourth-order valence-electron chi connectivity index (χ4n) is 2.30. The standard InChI is InChI=1S/C19H22N2O2/c1-13-5-6-17(14(2)11-13)12-19(22)21-20-15(3)16-7-9-18(23-4)10-8-16/h5-11H,12H2,1-4H3,(H,21,22)/b20-15+. The van der Waals surface area contributed by atoms with E-state index < -0.39 is 0 Å². The highest BCUT2D eigenvalue weighted by Crippen LogP contribution is 2.12. The summed E-state index contributed by atoms with van der Waals surface area (Å²) in [5.74, 6) is 0.672. The molecule has 0 unspecified atom stereocenters. The maximum atomic E-state index is 12.0. The number of hydrogen-bond acceptors (Lipinski definition) is 3. The summed E-state index contributed by atoms with van der Waals surface area (Å²) in [6.45, 7) is 5.92. The summed E-state index contributed by atoms with van der Waals surface area (Å²) in [5.41, 5.74) is 7.65. The van der Waals surface area contributed by atoms with Crippen LogP contribution in [-0.4, -0.2) is 18.7 Å². The Kier molecular flexibility index (Phi) is 5.52. The highest BCUT2D eigenvalue weighted by molar-refractivity contribution is 5.99. The number of hydrazone groups is 1. The number of methoxy groups -OCH3 is 1. The van der Waals surface area contributed by atoms with E-state index in [-0.39, 0.29) is 5.91 Å². The molecule has 4 heteroatoms. The predicted molar refractivity (Wildman–Crippen MR) is 93.0 cm³/mol. The second-order valence-corrected chi connectivity index (χ2v) is 5.57. The van der Waals surface area contributed by atoms with Gasteiger partial charge >= 0.3 is 0 Å². The van der Waals surface area contributed by atoms with Crippen molar-refractivity contribution < 1.29 is 9.53 Å². The van der Waals surface area contributed by atoms with Gasteiger partial charge in [0.2, 0.25) is 5.91 Å². The third-order valence-electron chi connectivity index (χ3n) is 3.71. The Balaban J connectivity index is 1.99. The van der Waals surface area contributed by atoms with Gasteiger partial charge in [-0.1, -0.05) is 23.8 Å². The van der Waals surface area contributed by atoms with Crippen molar-refractivity contribution in [3.05, 3.63) is 64.7 Å². The summed E-state index contributed by atoms with van der Waals surface area (Å²) in [6.07, 6.45) is 0.325. The Labute approximate surface area is 137 Å². The molecule has 0 atom stereocenters. The first-order valence-electron chi connectivity index (χ1n) is 7.53. The van der Waals surface area contributed by atoms with Gasteiger partial charge in [0.25, 0.3) is 0 Å². The molecule has 4 nitrogen and oxygen atoms in total. The van der Waals surface area contributed by atoms with Gasteiger partial charge in [0.05, 0.1) is 19.2 Å². The minimum absolute atomic E-state index is 0.121. The molecular weight excluding hydrogens is 288 g/mol. The van der Waals surface area contributed by atoms with Crippen molar-refractivity contribution in [2.45, 2.75) is 27.2 Å². The zero-order chi connectivity index (χ0) is 16.8. The topological polar surface area (TPSA) is 50.7 Å². The van der Waals surface area contributed by atoms with E-state index in [0.717, 1.165) is 28.2 Å². The molecule has 0 aliphatic rings. The van der Waals surface area contributed by atoms with Crippen molar-refractivity contribution in [1.82, 2.24) is 5.43 Å². The minimum Gasteiger partial charge on any atom is -0.497 e. The first-order valence-corrected chi connectivity index (χ1v) is 7.53. The second kappa shape index (κ2) is 7.58. The molecule has 1 amide bonds. The molecule has 0 heterocycles. The van der Waals surface area contributed by atoms with E-state index in [1.54, 1.807) is 7.11 Å². The van der Waals surface area contributed by atoms with Crippen LogP contribution in [0.25, 0.3) is 0 Å². The molecule has 2 rings (SSSR count). The van der Waals surface area contributed by atoms with Crippen molar-refractivity contribution in [2.24, 2.45) is 5.10 Å². The van der Waals surface area contributed by atoms with Gasteiger partial charge in [0, 0.05) is 0 Å². The molecule has 0 aromatic heterocycles. The zero-order valence-corrected chi connectivity index (χ0v) is 14.0. The highest BCUT2D eigenvalue weighted by atomic mass is 16.5.